The minimum atomic E-state index is -4.73. The van der Waals surface area contributed by atoms with Gasteiger partial charge in [0.25, 0.3) is 0 Å². The summed E-state index contributed by atoms with van der Waals surface area (Å²) in [5.74, 6) is -1.45. The van der Waals surface area contributed by atoms with Crippen LogP contribution in [0.25, 0.3) is 0 Å². The maximum absolute atomic E-state index is 12.9. The van der Waals surface area contributed by atoms with E-state index in [1.165, 1.54) is 154 Å². The Morgan fingerprint density at radius 3 is 1.01 bits per heavy atom. The molecule has 0 amide bonds. The minimum absolute atomic E-state index is 0.174. The number of hydrogen-bond acceptors (Lipinski definition) is 10. The number of carbonyl (C=O) groups is 3. The van der Waals surface area contributed by atoms with Gasteiger partial charge in [0.2, 0.25) is 0 Å². The van der Waals surface area contributed by atoms with Crippen molar-refractivity contribution >= 4 is 25.7 Å². The van der Waals surface area contributed by atoms with E-state index in [0.29, 0.717) is 19.3 Å². The zero-order valence-corrected chi connectivity index (χ0v) is 45.2. The molecule has 0 heterocycles. The lowest BCUT2D eigenvalue weighted by Gasteiger charge is -2.21. The molecule has 0 aromatic heterocycles. The standard InChI is InChI=1S/C56H107O11P/c1-4-7-10-13-16-19-22-25-26-29-30-33-36-39-42-45-54(58)63-49-53(67-56(60)47-44-41-38-35-32-28-24-21-18-15-12-9-6-3)51-65-68(61,62)64-50-52(48-57)66-55(59)46-43-40-37-34-31-27-23-20-17-14-11-8-5-2/h25-26,52-53,57H,4-24,27-51H2,1-3H3,(H,61,62)/b26-25-. The Labute approximate surface area is 417 Å². The van der Waals surface area contributed by atoms with E-state index in [-0.39, 0.29) is 25.9 Å². The van der Waals surface area contributed by atoms with Gasteiger partial charge in [-0.25, -0.2) is 4.57 Å². The molecule has 0 fully saturated rings. The second-order valence-corrected chi connectivity index (χ2v) is 20.9. The SMILES string of the molecule is CCCCCCCC/C=C\CCCCCCCC(=O)OCC(COP(=O)(O)OCC(CO)OC(=O)CCCCCCCCCCCCCCC)OC(=O)CCCCCCCCCCCCCCC. The molecule has 0 rings (SSSR count). The summed E-state index contributed by atoms with van der Waals surface area (Å²) in [6.07, 6.45) is 48.8. The first-order valence-electron chi connectivity index (χ1n) is 28.6. The number of allylic oxidation sites excluding steroid dienone is 2. The normalized spacial score (nSPS) is 13.4. The highest BCUT2D eigenvalue weighted by molar-refractivity contribution is 7.47. The number of carbonyl (C=O) groups excluding carboxylic acids is 3. The third kappa shape index (κ3) is 49.2. The fourth-order valence-electron chi connectivity index (χ4n) is 8.29. The Morgan fingerprint density at radius 1 is 0.397 bits per heavy atom. The van der Waals surface area contributed by atoms with Gasteiger partial charge in [-0.1, -0.05) is 238 Å². The van der Waals surface area contributed by atoms with E-state index in [1.54, 1.807) is 0 Å². The van der Waals surface area contributed by atoms with E-state index in [0.717, 1.165) is 77.0 Å². The van der Waals surface area contributed by atoms with E-state index in [9.17, 15) is 28.9 Å². The lowest BCUT2D eigenvalue weighted by Crippen LogP contribution is -2.30. The van der Waals surface area contributed by atoms with Crippen LogP contribution >= 0.6 is 7.82 Å². The van der Waals surface area contributed by atoms with Crippen molar-refractivity contribution < 1.29 is 52.2 Å². The van der Waals surface area contributed by atoms with Crippen LogP contribution in [0.2, 0.25) is 0 Å². The maximum Gasteiger partial charge on any atom is 0.472 e. The van der Waals surface area contributed by atoms with Gasteiger partial charge in [-0.2, -0.15) is 0 Å². The quantitative estimate of drug-likeness (QED) is 0.0197. The molecule has 3 atom stereocenters. The Balaban J connectivity index is 4.68. The molecule has 11 nitrogen and oxygen atoms in total. The summed E-state index contributed by atoms with van der Waals surface area (Å²) < 4.78 is 39.5. The van der Waals surface area contributed by atoms with Crippen molar-refractivity contribution in [3.8, 4) is 0 Å². The largest absolute Gasteiger partial charge is 0.472 e. The minimum Gasteiger partial charge on any atom is -0.462 e. The molecule has 0 saturated heterocycles. The number of aliphatic hydroxyl groups is 1. The van der Waals surface area contributed by atoms with Crippen LogP contribution in [0.3, 0.4) is 0 Å². The van der Waals surface area contributed by atoms with Crippen LogP contribution in [0.5, 0.6) is 0 Å². The number of rotatable bonds is 54. The summed E-state index contributed by atoms with van der Waals surface area (Å²) in [5, 5.41) is 9.79. The van der Waals surface area contributed by atoms with Gasteiger partial charge in [-0.05, 0) is 44.9 Å². The molecule has 3 unspecified atom stereocenters. The molecule has 12 heteroatoms. The Kier molecular flexibility index (Phi) is 50.2. The molecule has 0 aliphatic heterocycles. The van der Waals surface area contributed by atoms with Crippen molar-refractivity contribution in [3.05, 3.63) is 12.2 Å². The first-order valence-corrected chi connectivity index (χ1v) is 30.1. The monoisotopic (exact) mass is 987 g/mol. The highest BCUT2D eigenvalue weighted by Gasteiger charge is 2.28. The Bertz CT molecular complexity index is 1200. The number of phosphoric acid groups is 1. The van der Waals surface area contributed by atoms with Gasteiger partial charge < -0.3 is 24.2 Å². The molecule has 0 aliphatic carbocycles. The molecule has 0 saturated carbocycles. The van der Waals surface area contributed by atoms with Crippen LogP contribution in [-0.4, -0.2) is 66.5 Å². The van der Waals surface area contributed by atoms with Gasteiger partial charge in [-0.15, -0.1) is 0 Å². The van der Waals surface area contributed by atoms with Crippen LogP contribution in [0.15, 0.2) is 12.2 Å². The average molecular weight is 987 g/mol. The van der Waals surface area contributed by atoms with Crippen molar-refractivity contribution in [1.29, 1.82) is 0 Å². The molecule has 0 aliphatic rings. The fraction of sp³-hybridized carbons (Fsp3) is 0.911. The summed E-state index contributed by atoms with van der Waals surface area (Å²) in [5.41, 5.74) is 0. The Hall–Kier alpha value is -1.78. The van der Waals surface area contributed by atoms with Crippen molar-refractivity contribution in [1.82, 2.24) is 0 Å². The van der Waals surface area contributed by atoms with Gasteiger partial charge in [0.15, 0.2) is 6.10 Å². The third-order valence-electron chi connectivity index (χ3n) is 12.7. The lowest BCUT2D eigenvalue weighted by atomic mass is 10.0. The van der Waals surface area contributed by atoms with Crippen molar-refractivity contribution in [2.45, 2.75) is 303 Å². The van der Waals surface area contributed by atoms with Crippen LogP contribution in [-0.2, 0) is 42.2 Å². The molecular formula is C56H107O11P. The average Bonchev–Trinajstić information content (AvgIpc) is 3.32. The number of unbranched alkanes of at least 4 members (excludes halogenated alkanes) is 35. The summed E-state index contributed by atoms with van der Waals surface area (Å²) in [6, 6.07) is 0. The number of aliphatic hydroxyl groups excluding tert-OH is 1. The smallest absolute Gasteiger partial charge is 0.462 e. The van der Waals surface area contributed by atoms with Crippen LogP contribution in [0, 0.1) is 0 Å². The van der Waals surface area contributed by atoms with E-state index in [2.05, 4.69) is 32.9 Å². The second-order valence-electron chi connectivity index (χ2n) is 19.5. The predicted octanol–water partition coefficient (Wildman–Crippen LogP) is 16.5. The fourth-order valence-corrected chi connectivity index (χ4v) is 9.08. The molecule has 0 aromatic carbocycles. The molecule has 0 aromatic rings. The highest BCUT2D eigenvalue weighted by atomic mass is 31.2. The van der Waals surface area contributed by atoms with Gasteiger partial charge in [0.05, 0.1) is 19.8 Å². The third-order valence-corrected chi connectivity index (χ3v) is 13.6. The van der Waals surface area contributed by atoms with Gasteiger partial charge >= 0.3 is 25.7 Å². The summed E-state index contributed by atoms with van der Waals surface area (Å²) in [6.45, 7) is 4.68. The van der Waals surface area contributed by atoms with E-state index < -0.39 is 57.8 Å². The van der Waals surface area contributed by atoms with Crippen molar-refractivity contribution in [2.75, 3.05) is 26.4 Å². The zero-order chi connectivity index (χ0) is 49.9. The molecule has 2 N–H and O–H groups in total. The highest BCUT2D eigenvalue weighted by Crippen LogP contribution is 2.43. The Morgan fingerprint density at radius 2 is 0.676 bits per heavy atom. The van der Waals surface area contributed by atoms with Gasteiger partial charge in [0, 0.05) is 19.3 Å². The van der Waals surface area contributed by atoms with Gasteiger partial charge in [-0.3, -0.25) is 23.4 Å². The lowest BCUT2D eigenvalue weighted by molar-refractivity contribution is -0.161. The second kappa shape index (κ2) is 51.6. The van der Waals surface area contributed by atoms with Crippen molar-refractivity contribution in [2.24, 2.45) is 0 Å². The summed E-state index contributed by atoms with van der Waals surface area (Å²) in [4.78, 5) is 48.4. The number of ether oxygens (including phenoxy) is 3. The van der Waals surface area contributed by atoms with E-state index in [1.807, 2.05) is 0 Å². The maximum atomic E-state index is 12.9. The van der Waals surface area contributed by atoms with E-state index in [4.69, 9.17) is 23.3 Å². The molecule has 402 valence electrons. The van der Waals surface area contributed by atoms with Crippen molar-refractivity contribution in [3.63, 3.8) is 0 Å². The zero-order valence-electron chi connectivity index (χ0n) is 44.4. The van der Waals surface area contributed by atoms with Crippen LogP contribution in [0.1, 0.15) is 290 Å². The molecule has 0 radical (unpaired) electrons. The molecular weight excluding hydrogens is 880 g/mol. The number of esters is 3. The number of hydrogen-bond donors (Lipinski definition) is 2. The first kappa shape index (κ1) is 66.2. The molecule has 0 spiro atoms. The topological polar surface area (TPSA) is 155 Å². The predicted molar refractivity (Wildman–Crippen MR) is 280 cm³/mol. The van der Waals surface area contributed by atoms with E-state index >= 15 is 0 Å². The number of phosphoric ester groups is 1. The van der Waals surface area contributed by atoms with Crippen LogP contribution in [0.4, 0.5) is 0 Å². The van der Waals surface area contributed by atoms with Gasteiger partial charge in [0.1, 0.15) is 12.7 Å². The molecule has 68 heavy (non-hydrogen) atoms. The molecule has 0 bridgehead atoms. The first-order chi connectivity index (χ1) is 33.2. The van der Waals surface area contributed by atoms with Crippen LogP contribution < -0.4 is 0 Å². The summed E-state index contributed by atoms with van der Waals surface area (Å²) >= 11 is 0. The summed E-state index contributed by atoms with van der Waals surface area (Å²) in [7, 11) is -4.73.